The third-order valence-electron chi connectivity index (χ3n) is 3.92. The van der Waals surface area contributed by atoms with Crippen LogP contribution in [0, 0.1) is 0 Å². The van der Waals surface area contributed by atoms with Crippen LogP contribution in [0.15, 0.2) is 59.6 Å². The van der Waals surface area contributed by atoms with Gasteiger partial charge in [0, 0.05) is 27.7 Å². The third-order valence-corrected chi connectivity index (χ3v) is 3.92. The standard InChI is InChI=1S/C21H29N3O3.HI/c1-22-21(24(2)12-13-26-19-9-5-4-6-10-19)23-17-18-8-7-11-20(16-18)27-15-14-25-3;/h4-11,16H,12-15,17H2,1-3H3,(H,22,23);1H. The summed E-state index contributed by atoms with van der Waals surface area (Å²) in [6.07, 6.45) is 0. The Labute approximate surface area is 184 Å². The van der Waals surface area contributed by atoms with E-state index in [1.807, 2.05) is 60.5 Å². The van der Waals surface area contributed by atoms with Crippen molar-refractivity contribution in [3.8, 4) is 11.5 Å². The second-order valence-corrected chi connectivity index (χ2v) is 5.97. The molecule has 0 aromatic heterocycles. The molecule has 28 heavy (non-hydrogen) atoms. The number of rotatable bonds is 10. The van der Waals surface area contributed by atoms with Crippen LogP contribution >= 0.6 is 24.0 Å². The third kappa shape index (κ3) is 8.79. The van der Waals surface area contributed by atoms with E-state index in [0.29, 0.717) is 26.4 Å². The van der Waals surface area contributed by atoms with Gasteiger partial charge in [-0.25, -0.2) is 0 Å². The van der Waals surface area contributed by atoms with Crippen molar-refractivity contribution in [3.05, 3.63) is 60.2 Å². The van der Waals surface area contributed by atoms with Gasteiger partial charge in [-0.15, -0.1) is 24.0 Å². The summed E-state index contributed by atoms with van der Waals surface area (Å²) >= 11 is 0. The molecule has 0 atom stereocenters. The van der Waals surface area contributed by atoms with E-state index in [9.17, 15) is 0 Å². The van der Waals surface area contributed by atoms with Crippen molar-refractivity contribution in [2.75, 3.05) is 47.6 Å². The van der Waals surface area contributed by atoms with Crippen molar-refractivity contribution in [1.82, 2.24) is 10.2 Å². The van der Waals surface area contributed by atoms with E-state index in [0.717, 1.165) is 29.6 Å². The van der Waals surface area contributed by atoms with Crippen LogP contribution < -0.4 is 14.8 Å². The molecule has 0 aliphatic rings. The number of likely N-dealkylation sites (N-methyl/N-ethyl adjacent to an activating group) is 1. The van der Waals surface area contributed by atoms with E-state index < -0.39 is 0 Å². The number of ether oxygens (including phenoxy) is 3. The number of nitrogens with one attached hydrogen (secondary N) is 1. The molecule has 0 aliphatic carbocycles. The highest BCUT2D eigenvalue weighted by Gasteiger charge is 2.06. The summed E-state index contributed by atoms with van der Waals surface area (Å²) in [4.78, 5) is 6.38. The number of benzene rings is 2. The molecule has 2 aromatic carbocycles. The van der Waals surface area contributed by atoms with E-state index in [-0.39, 0.29) is 24.0 Å². The molecule has 0 heterocycles. The number of hydrogen-bond donors (Lipinski definition) is 1. The summed E-state index contributed by atoms with van der Waals surface area (Å²) < 4.78 is 16.4. The lowest BCUT2D eigenvalue weighted by molar-refractivity contribution is 0.146. The van der Waals surface area contributed by atoms with E-state index in [1.165, 1.54) is 0 Å². The SMILES string of the molecule is CN=C(NCc1cccc(OCCOC)c1)N(C)CCOc1ccccc1.I. The molecule has 154 valence electrons. The summed E-state index contributed by atoms with van der Waals surface area (Å²) in [5, 5.41) is 3.37. The van der Waals surface area contributed by atoms with Gasteiger partial charge in [0.25, 0.3) is 0 Å². The van der Waals surface area contributed by atoms with Gasteiger partial charge in [0.1, 0.15) is 24.7 Å². The molecule has 1 N–H and O–H groups in total. The Morgan fingerprint density at radius 3 is 2.39 bits per heavy atom. The first-order valence-corrected chi connectivity index (χ1v) is 9.03. The minimum Gasteiger partial charge on any atom is -0.492 e. The lowest BCUT2D eigenvalue weighted by Crippen LogP contribution is -2.40. The maximum atomic E-state index is 5.75. The minimum atomic E-state index is 0. The highest BCUT2D eigenvalue weighted by Crippen LogP contribution is 2.13. The van der Waals surface area contributed by atoms with Crippen molar-refractivity contribution in [2.45, 2.75) is 6.54 Å². The van der Waals surface area contributed by atoms with Gasteiger partial charge in [0.05, 0.1) is 13.2 Å². The average molecular weight is 499 g/mol. The number of hydrogen-bond acceptors (Lipinski definition) is 4. The molecule has 0 saturated carbocycles. The number of aliphatic imine (C=N–C) groups is 1. The number of nitrogens with zero attached hydrogens (tertiary/aromatic N) is 2. The zero-order valence-corrected chi connectivity index (χ0v) is 19.1. The fraction of sp³-hybridized carbons (Fsp3) is 0.381. The summed E-state index contributed by atoms with van der Waals surface area (Å²) in [5.41, 5.74) is 1.13. The fourth-order valence-corrected chi connectivity index (χ4v) is 2.48. The Balaban J connectivity index is 0.00000392. The average Bonchev–Trinajstić information content (AvgIpc) is 2.70. The van der Waals surface area contributed by atoms with Crippen molar-refractivity contribution in [2.24, 2.45) is 4.99 Å². The first-order valence-electron chi connectivity index (χ1n) is 9.03. The van der Waals surface area contributed by atoms with Crippen molar-refractivity contribution in [3.63, 3.8) is 0 Å². The molecule has 0 saturated heterocycles. The number of guanidine groups is 1. The molecule has 7 heteroatoms. The zero-order valence-electron chi connectivity index (χ0n) is 16.8. The van der Waals surface area contributed by atoms with Gasteiger partial charge in [0.2, 0.25) is 0 Å². The van der Waals surface area contributed by atoms with Gasteiger partial charge in [0.15, 0.2) is 5.96 Å². The quantitative estimate of drug-likeness (QED) is 0.235. The zero-order chi connectivity index (χ0) is 19.3. The van der Waals surface area contributed by atoms with Crippen LogP contribution in [0.2, 0.25) is 0 Å². The van der Waals surface area contributed by atoms with Crippen molar-refractivity contribution >= 4 is 29.9 Å². The molecule has 0 fully saturated rings. The predicted octanol–water partition coefficient (Wildman–Crippen LogP) is 3.42. The Morgan fingerprint density at radius 2 is 1.68 bits per heavy atom. The summed E-state index contributed by atoms with van der Waals surface area (Å²) in [6, 6.07) is 17.8. The lowest BCUT2D eigenvalue weighted by atomic mass is 10.2. The maximum absolute atomic E-state index is 5.75. The Hall–Kier alpha value is -2.00. The lowest BCUT2D eigenvalue weighted by Gasteiger charge is -2.22. The first kappa shape index (κ1) is 24.0. The molecule has 0 spiro atoms. The van der Waals surface area contributed by atoms with Crippen LogP contribution in [0.1, 0.15) is 5.56 Å². The first-order chi connectivity index (χ1) is 13.2. The largest absolute Gasteiger partial charge is 0.492 e. The highest BCUT2D eigenvalue weighted by atomic mass is 127. The van der Waals surface area contributed by atoms with Crippen LogP contribution in [0.3, 0.4) is 0 Å². The van der Waals surface area contributed by atoms with E-state index in [2.05, 4.69) is 16.4 Å². The Kier molecular flexibility index (Phi) is 12.1. The Morgan fingerprint density at radius 1 is 0.964 bits per heavy atom. The number of methoxy groups -OCH3 is 1. The van der Waals surface area contributed by atoms with Crippen LogP contribution in [0.5, 0.6) is 11.5 Å². The second kappa shape index (κ2) is 14.1. The summed E-state index contributed by atoms with van der Waals surface area (Å²) in [7, 11) is 5.44. The normalized spacial score (nSPS) is 10.8. The molecule has 2 rings (SSSR count). The fourth-order valence-electron chi connectivity index (χ4n) is 2.48. The predicted molar refractivity (Wildman–Crippen MR) is 124 cm³/mol. The van der Waals surface area contributed by atoms with Gasteiger partial charge >= 0.3 is 0 Å². The van der Waals surface area contributed by atoms with Gasteiger partial charge in [-0.05, 0) is 29.8 Å². The Bertz CT molecular complexity index is 698. The molecular weight excluding hydrogens is 469 g/mol. The molecule has 0 unspecified atom stereocenters. The van der Waals surface area contributed by atoms with Crippen LogP contribution in [-0.4, -0.2) is 58.4 Å². The number of halogens is 1. The van der Waals surface area contributed by atoms with Crippen LogP contribution in [0.4, 0.5) is 0 Å². The van der Waals surface area contributed by atoms with Gasteiger partial charge < -0.3 is 24.4 Å². The van der Waals surface area contributed by atoms with Crippen molar-refractivity contribution < 1.29 is 14.2 Å². The highest BCUT2D eigenvalue weighted by molar-refractivity contribution is 14.0. The smallest absolute Gasteiger partial charge is 0.193 e. The molecule has 2 aromatic rings. The molecule has 0 radical (unpaired) electrons. The topological polar surface area (TPSA) is 55.3 Å². The van der Waals surface area contributed by atoms with E-state index >= 15 is 0 Å². The van der Waals surface area contributed by atoms with Gasteiger partial charge in [-0.3, -0.25) is 4.99 Å². The van der Waals surface area contributed by atoms with Gasteiger partial charge in [-0.1, -0.05) is 30.3 Å². The maximum Gasteiger partial charge on any atom is 0.193 e. The molecule has 0 bridgehead atoms. The molecule has 0 amide bonds. The van der Waals surface area contributed by atoms with E-state index in [1.54, 1.807) is 14.2 Å². The molecule has 6 nitrogen and oxygen atoms in total. The summed E-state index contributed by atoms with van der Waals surface area (Å²) in [5.74, 6) is 2.53. The van der Waals surface area contributed by atoms with Crippen LogP contribution in [-0.2, 0) is 11.3 Å². The van der Waals surface area contributed by atoms with Gasteiger partial charge in [-0.2, -0.15) is 0 Å². The van der Waals surface area contributed by atoms with Crippen LogP contribution in [0.25, 0.3) is 0 Å². The molecule has 0 aliphatic heterocycles. The van der Waals surface area contributed by atoms with Crippen molar-refractivity contribution in [1.29, 1.82) is 0 Å². The minimum absolute atomic E-state index is 0. The second-order valence-electron chi connectivity index (χ2n) is 5.97. The number of para-hydroxylation sites is 1. The molecular formula is C21H30IN3O3. The monoisotopic (exact) mass is 499 g/mol. The van der Waals surface area contributed by atoms with E-state index in [4.69, 9.17) is 14.2 Å². The summed E-state index contributed by atoms with van der Waals surface area (Å²) in [6.45, 7) is 3.10.